The minimum absolute atomic E-state index is 0.126. The third-order valence-electron chi connectivity index (χ3n) is 2.87. The fourth-order valence-electron chi connectivity index (χ4n) is 1.76. The lowest BCUT2D eigenvalue weighted by molar-refractivity contribution is -0.384. The monoisotopic (exact) mass is 308 g/mol. The molecule has 0 aliphatic heterocycles. The molecule has 2 N–H and O–H groups in total. The molecule has 0 spiro atoms. The summed E-state index contributed by atoms with van der Waals surface area (Å²) in [7, 11) is 0. The van der Waals surface area contributed by atoms with Crippen LogP contribution in [0.1, 0.15) is 36.5 Å². The van der Waals surface area contributed by atoms with Crippen LogP contribution in [0, 0.1) is 10.1 Å². The van der Waals surface area contributed by atoms with E-state index in [-0.39, 0.29) is 18.1 Å². The summed E-state index contributed by atoms with van der Waals surface area (Å²) in [5.74, 6) is 0.424. The number of aliphatic hydroxyl groups is 1. The maximum Gasteiger partial charge on any atom is 0.311 e. The van der Waals surface area contributed by atoms with Crippen molar-refractivity contribution in [1.29, 1.82) is 0 Å². The van der Waals surface area contributed by atoms with Crippen LogP contribution in [0.3, 0.4) is 0 Å². The summed E-state index contributed by atoms with van der Waals surface area (Å²) in [5.41, 5.74) is 0.529. The van der Waals surface area contributed by atoms with Gasteiger partial charge in [-0.05, 0) is 6.07 Å². The standard InChI is InChI=1S/C13H16N4O3S/c1-8(2)13-16-10(7-21-13)9(6-18)15-12-11(17(19)20)4-3-5-14-12/h3-5,7-9,18H,6H2,1-2H3,(H,14,15)/t9-/m0/s1. The molecule has 0 fully saturated rings. The van der Waals surface area contributed by atoms with Crippen molar-refractivity contribution in [3.63, 3.8) is 0 Å². The van der Waals surface area contributed by atoms with Crippen LogP contribution in [0.4, 0.5) is 11.5 Å². The number of aromatic nitrogens is 2. The lowest BCUT2D eigenvalue weighted by atomic mass is 10.2. The van der Waals surface area contributed by atoms with E-state index in [0.29, 0.717) is 11.6 Å². The van der Waals surface area contributed by atoms with Crippen LogP contribution in [0.5, 0.6) is 0 Å². The Kier molecular flexibility index (Phi) is 4.81. The van der Waals surface area contributed by atoms with Crippen molar-refractivity contribution < 1.29 is 10.0 Å². The van der Waals surface area contributed by atoms with Crippen molar-refractivity contribution in [2.24, 2.45) is 0 Å². The highest BCUT2D eigenvalue weighted by Gasteiger charge is 2.21. The first-order valence-corrected chi connectivity index (χ1v) is 7.33. The highest BCUT2D eigenvalue weighted by molar-refractivity contribution is 7.09. The van der Waals surface area contributed by atoms with E-state index in [1.54, 1.807) is 0 Å². The van der Waals surface area contributed by atoms with E-state index < -0.39 is 11.0 Å². The largest absolute Gasteiger partial charge is 0.394 e. The number of nitrogens with one attached hydrogen (secondary N) is 1. The molecule has 8 heteroatoms. The molecule has 0 aromatic carbocycles. The maximum absolute atomic E-state index is 11.0. The molecule has 0 aliphatic carbocycles. The number of hydrogen-bond donors (Lipinski definition) is 2. The summed E-state index contributed by atoms with van der Waals surface area (Å²) in [4.78, 5) is 18.9. The molecule has 0 radical (unpaired) electrons. The van der Waals surface area contributed by atoms with Gasteiger partial charge in [-0.2, -0.15) is 0 Å². The zero-order chi connectivity index (χ0) is 15.4. The molecular weight excluding hydrogens is 292 g/mol. The van der Waals surface area contributed by atoms with Crippen molar-refractivity contribution >= 4 is 22.8 Å². The maximum atomic E-state index is 11.0. The lowest BCUT2D eigenvalue weighted by Crippen LogP contribution is -2.17. The van der Waals surface area contributed by atoms with E-state index in [0.717, 1.165) is 5.01 Å². The van der Waals surface area contributed by atoms with E-state index in [9.17, 15) is 15.2 Å². The SMILES string of the molecule is CC(C)c1nc([C@H](CO)Nc2ncccc2[N+](=O)[O-])cs1. The van der Waals surface area contributed by atoms with E-state index in [4.69, 9.17) is 0 Å². The number of nitro groups is 1. The van der Waals surface area contributed by atoms with Gasteiger partial charge in [0.15, 0.2) is 0 Å². The molecule has 2 heterocycles. The van der Waals surface area contributed by atoms with E-state index in [1.165, 1.54) is 29.7 Å². The van der Waals surface area contributed by atoms with Crippen LogP contribution >= 0.6 is 11.3 Å². The van der Waals surface area contributed by atoms with Crippen LogP contribution in [-0.2, 0) is 0 Å². The molecule has 0 saturated heterocycles. The predicted octanol–water partition coefficient (Wildman–Crippen LogP) is 2.72. The van der Waals surface area contributed by atoms with Crippen LogP contribution in [-0.4, -0.2) is 26.6 Å². The van der Waals surface area contributed by atoms with Crippen molar-refractivity contribution in [2.45, 2.75) is 25.8 Å². The van der Waals surface area contributed by atoms with Crippen molar-refractivity contribution in [2.75, 3.05) is 11.9 Å². The van der Waals surface area contributed by atoms with Crippen molar-refractivity contribution in [1.82, 2.24) is 9.97 Å². The molecule has 7 nitrogen and oxygen atoms in total. The zero-order valence-corrected chi connectivity index (χ0v) is 12.5. The zero-order valence-electron chi connectivity index (χ0n) is 11.7. The van der Waals surface area contributed by atoms with Gasteiger partial charge in [0.05, 0.1) is 28.3 Å². The number of nitrogens with zero attached hydrogens (tertiary/aromatic N) is 3. The molecule has 21 heavy (non-hydrogen) atoms. The second-order valence-electron chi connectivity index (χ2n) is 4.77. The van der Waals surface area contributed by atoms with Gasteiger partial charge in [-0.1, -0.05) is 13.8 Å². The third kappa shape index (κ3) is 3.53. The fraction of sp³-hybridized carbons (Fsp3) is 0.385. The van der Waals surface area contributed by atoms with Gasteiger partial charge in [0.25, 0.3) is 0 Å². The molecule has 0 saturated carbocycles. The average Bonchev–Trinajstić information content (AvgIpc) is 2.94. The Morgan fingerprint density at radius 3 is 2.86 bits per heavy atom. The van der Waals surface area contributed by atoms with Crippen LogP contribution in [0.25, 0.3) is 0 Å². The summed E-state index contributed by atoms with van der Waals surface area (Å²) >= 11 is 1.51. The molecule has 0 amide bonds. The summed E-state index contributed by atoms with van der Waals surface area (Å²) in [5, 5.41) is 26.2. The molecule has 2 aromatic rings. The van der Waals surface area contributed by atoms with Crippen LogP contribution in [0.15, 0.2) is 23.7 Å². The van der Waals surface area contributed by atoms with Crippen molar-refractivity contribution in [3.8, 4) is 0 Å². The number of pyridine rings is 1. The third-order valence-corrected chi connectivity index (χ3v) is 4.03. The molecule has 0 bridgehead atoms. The van der Waals surface area contributed by atoms with Gasteiger partial charge in [-0.25, -0.2) is 9.97 Å². The Morgan fingerprint density at radius 1 is 1.52 bits per heavy atom. The smallest absolute Gasteiger partial charge is 0.311 e. The number of thiazole rings is 1. The van der Waals surface area contributed by atoms with Gasteiger partial charge in [-0.3, -0.25) is 10.1 Å². The first kappa shape index (κ1) is 15.3. The molecule has 2 rings (SSSR count). The van der Waals surface area contributed by atoms with Gasteiger partial charge < -0.3 is 10.4 Å². The highest BCUT2D eigenvalue weighted by Crippen LogP contribution is 2.27. The Labute approximate surface area is 125 Å². The molecule has 1 atom stereocenters. The van der Waals surface area contributed by atoms with Crippen LogP contribution < -0.4 is 5.32 Å². The quantitative estimate of drug-likeness (QED) is 0.628. The summed E-state index contributed by atoms with van der Waals surface area (Å²) < 4.78 is 0. The molecule has 2 aromatic heterocycles. The summed E-state index contributed by atoms with van der Waals surface area (Å²) in [6.45, 7) is 3.84. The van der Waals surface area contributed by atoms with Crippen molar-refractivity contribution in [3.05, 3.63) is 44.5 Å². The fourth-order valence-corrected chi connectivity index (χ4v) is 2.65. The normalized spacial score (nSPS) is 12.4. The number of anilines is 1. The predicted molar refractivity (Wildman–Crippen MR) is 80.5 cm³/mol. The highest BCUT2D eigenvalue weighted by atomic mass is 32.1. The Morgan fingerprint density at radius 2 is 2.29 bits per heavy atom. The number of aliphatic hydroxyl groups excluding tert-OH is 1. The topological polar surface area (TPSA) is 101 Å². The molecule has 0 unspecified atom stereocenters. The minimum atomic E-state index is -0.526. The van der Waals surface area contributed by atoms with Gasteiger partial charge in [0.1, 0.15) is 0 Å². The first-order valence-electron chi connectivity index (χ1n) is 6.45. The van der Waals surface area contributed by atoms with Gasteiger partial charge in [-0.15, -0.1) is 11.3 Å². The molecule has 0 aliphatic rings. The Bertz CT molecular complexity index is 629. The summed E-state index contributed by atoms with van der Waals surface area (Å²) in [6.07, 6.45) is 1.46. The first-order chi connectivity index (χ1) is 10.0. The average molecular weight is 308 g/mol. The van der Waals surface area contributed by atoms with Gasteiger partial charge in [0, 0.05) is 23.6 Å². The Hall–Kier alpha value is -2.06. The molecule has 112 valence electrons. The van der Waals surface area contributed by atoms with Gasteiger partial charge in [0.2, 0.25) is 5.82 Å². The van der Waals surface area contributed by atoms with Crippen LogP contribution in [0.2, 0.25) is 0 Å². The summed E-state index contributed by atoms with van der Waals surface area (Å²) in [6, 6.07) is 2.34. The molecular formula is C13H16N4O3S. The number of rotatable bonds is 6. The number of hydrogen-bond acceptors (Lipinski definition) is 7. The van der Waals surface area contributed by atoms with Gasteiger partial charge >= 0.3 is 5.69 Å². The Balaban J connectivity index is 2.25. The lowest BCUT2D eigenvalue weighted by Gasteiger charge is -2.14. The van der Waals surface area contributed by atoms with E-state index in [2.05, 4.69) is 15.3 Å². The minimum Gasteiger partial charge on any atom is -0.394 e. The van der Waals surface area contributed by atoms with E-state index in [1.807, 2.05) is 19.2 Å². The van der Waals surface area contributed by atoms with E-state index >= 15 is 0 Å². The second kappa shape index (κ2) is 6.59. The second-order valence-corrected chi connectivity index (χ2v) is 5.66.